The molecule has 3 aromatic rings. The number of rotatable bonds is 6. The summed E-state index contributed by atoms with van der Waals surface area (Å²) in [5, 5.41) is 2.52. The second kappa shape index (κ2) is 9.21. The van der Waals surface area contributed by atoms with E-state index in [4.69, 9.17) is 0 Å². The van der Waals surface area contributed by atoms with Crippen molar-refractivity contribution in [3.05, 3.63) is 61.9 Å². The largest absolute Gasteiger partial charge is 0.144 e. The van der Waals surface area contributed by atoms with Crippen LogP contribution >= 0.6 is 43.2 Å². The summed E-state index contributed by atoms with van der Waals surface area (Å²) < 4.78 is 4.01. The summed E-state index contributed by atoms with van der Waals surface area (Å²) in [5.74, 6) is 0. The van der Waals surface area contributed by atoms with Crippen LogP contribution in [0.1, 0.15) is 52.0 Å². The highest BCUT2D eigenvalue weighted by molar-refractivity contribution is 9.11. The molecule has 29 heavy (non-hydrogen) atoms. The molecular formula is C25H30Br2SSi. The van der Waals surface area contributed by atoms with E-state index in [2.05, 4.69) is 128 Å². The van der Waals surface area contributed by atoms with E-state index >= 15 is 0 Å². The van der Waals surface area contributed by atoms with Gasteiger partial charge in [-0.1, -0.05) is 84.0 Å². The van der Waals surface area contributed by atoms with Crippen molar-refractivity contribution in [1.82, 2.24) is 0 Å². The quantitative estimate of drug-likeness (QED) is 0.268. The smallest absolute Gasteiger partial charge is 0.107 e. The van der Waals surface area contributed by atoms with Gasteiger partial charge >= 0.3 is 0 Å². The van der Waals surface area contributed by atoms with Crippen molar-refractivity contribution in [3.8, 4) is 0 Å². The van der Waals surface area contributed by atoms with Gasteiger partial charge in [0, 0.05) is 13.8 Å². The lowest BCUT2D eigenvalue weighted by molar-refractivity contribution is 0.837. The van der Waals surface area contributed by atoms with Crippen molar-refractivity contribution in [2.45, 2.75) is 58.2 Å². The maximum absolute atomic E-state index is 3.86. The molecule has 0 saturated carbocycles. The zero-order valence-corrected chi connectivity index (χ0v) is 23.1. The van der Waals surface area contributed by atoms with E-state index in [1.165, 1.54) is 25.7 Å². The average Bonchev–Trinajstić information content (AvgIpc) is 3.01. The van der Waals surface area contributed by atoms with E-state index in [-0.39, 0.29) is 0 Å². The van der Waals surface area contributed by atoms with Crippen LogP contribution < -0.4 is 4.50 Å². The Labute approximate surface area is 197 Å². The lowest BCUT2D eigenvalue weighted by atomic mass is 10.1. The summed E-state index contributed by atoms with van der Waals surface area (Å²) in [6.45, 7) is 14.6. The Kier molecular flexibility index (Phi) is 7.30. The maximum Gasteiger partial charge on any atom is 0.107 e. The first-order chi connectivity index (χ1) is 13.7. The van der Waals surface area contributed by atoms with E-state index in [0.717, 1.165) is 21.1 Å². The van der Waals surface area contributed by atoms with Crippen LogP contribution in [0.5, 0.6) is 0 Å². The number of thiophene rings is 1. The molecule has 0 radical (unpaired) electrons. The monoisotopic (exact) mass is 548 g/mol. The minimum absolute atomic E-state index is 0.722. The van der Waals surface area contributed by atoms with E-state index < -0.39 is 8.07 Å². The molecule has 1 aromatic heterocycles. The Hall–Kier alpha value is -0.683. The lowest BCUT2D eigenvalue weighted by Gasteiger charge is -2.42. The molecule has 0 aliphatic rings. The molecule has 0 spiro atoms. The van der Waals surface area contributed by atoms with Gasteiger partial charge in [0.25, 0.3) is 0 Å². The molecule has 0 aliphatic carbocycles. The average molecular weight is 550 g/mol. The third-order valence-corrected chi connectivity index (χ3v) is 17.1. The number of fused-ring (bicyclic) bond motifs is 1. The molecule has 0 nitrogen and oxygen atoms in total. The Balaban J connectivity index is 2.02. The first-order valence-corrected chi connectivity index (χ1v) is 15.0. The number of hydrogen-bond acceptors (Lipinski definition) is 1. The van der Waals surface area contributed by atoms with Crippen LogP contribution in [-0.2, 0) is 0 Å². The van der Waals surface area contributed by atoms with Gasteiger partial charge in [-0.25, -0.2) is 0 Å². The SMILES string of the molecule is CC(C)[Si](c1cc(Br)c(/C=C\c2ccc3ccccc3c2Br)s1)(C(C)C)C(C)C. The van der Waals surface area contributed by atoms with Crippen LogP contribution in [0.2, 0.25) is 16.6 Å². The van der Waals surface area contributed by atoms with Crippen molar-refractivity contribution in [2.24, 2.45) is 0 Å². The van der Waals surface area contributed by atoms with Crippen LogP contribution in [0.4, 0.5) is 0 Å². The molecule has 0 N–H and O–H groups in total. The van der Waals surface area contributed by atoms with Crippen molar-refractivity contribution in [3.63, 3.8) is 0 Å². The van der Waals surface area contributed by atoms with Gasteiger partial charge in [-0.3, -0.25) is 0 Å². The van der Waals surface area contributed by atoms with Gasteiger partial charge < -0.3 is 0 Å². The topological polar surface area (TPSA) is 0 Å². The van der Waals surface area contributed by atoms with Crippen LogP contribution in [0.25, 0.3) is 22.9 Å². The third kappa shape index (κ3) is 4.23. The van der Waals surface area contributed by atoms with E-state index in [1.807, 2.05) is 11.3 Å². The van der Waals surface area contributed by atoms with E-state index in [9.17, 15) is 0 Å². The third-order valence-electron chi connectivity index (χ3n) is 6.31. The predicted octanol–water partition coefficient (Wildman–Crippen LogP) is 9.48. The zero-order chi connectivity index (χ0) is 21.3. The van der Waals surface area contributed by atoms with Crippen LogP contribution in [-0.4, -0.2) is 8.07 Å². The molecule has 154 valence electrons. The predicted molar refractivity (Wildman–Crippen MR) is 143 cm³/mol. The minimum Gasteiger partial charge on any atom is -0.144 e. The van der Waals surface area contributed by atoms with Crippen molar-refractivity contribution in [2.75, 3.05) is 0 Å². The van der Waals surface area contributed by atoms with E-state index in [0.29, 0.717) is 0 Å². The van der Waals surface area contributed by atoms with E-state index in [1.54, 1.807) is 4.50 Å². The number of hydrogen-bond donors (Lipinski definition) is 0. The molecule has 0 bridgehead atoms. The second-order valence-corrected chi connectivity index (χ2v) is 17.7. The van der Waals surface area contributed by atoms with Crippen LogP contribution in [0.15, 0.2) is 51.4 Å². The first kappa shape index (κ1) is 23.0. The van der Waals surface area contributed by atoms with Gasteiger partial charge in [0.1, 0.15) is 8.07 Å². The van der Waals surface area contributed by atoms with Gasteiger partial charge in [0.15, 0.2) is 0 Å². The Morgan fingerprint density at radius 2 is 1.45 bits per heavy atom. The highest BCUT2D eigenvalue weighted by atomic mass is 79.9. The molecule has 1 heterocycles. The zero-order valence-electron chi connectivity index (χ0n) is 18.1. The molecule has 2 aromatic carbocycles. The van der Waals surface area contributed by atoms with Gasteiger partial charge in [0.05, 0.1) is 0 Å². The maximum atomic E-state index is 3.86. The Morgan fingerprint density at radius 3 is 2.07 bits per heavy atom. The minimum atomic E-state index is -1.62. The summed E-state index contributed by atoms with van der Waals surface area (Å²) in [7, 11) is -1.62. The normalized spacial score (nSPS) is 12.9. The second-order valence-electron chi connectivity index (χ2n) is 8.74. The fourth-order valence-corrected chi connectivity index (χ4v) is 16.7. The highest BCUT2D eigenvalue weighted by Gasteiger charge is 2.45. The van der Waals surface area contributed by atoms with Gasteiger partial charge in [-0.05, 0) is 81.5 Å². The van der Waals surface area contributed by atoms with Crippen molar-refractivity contribution in [1.29, 1.82) is 0 Å². The fourth-order valence-electron chi connectivity index (χ4n) is 5.11. The standard InChI is InChI=1S/C25H30Br2SSi/c1-16(2)29(17(3)4,18(5)6)24-15-22(26)23(28-24)14-13-20-12-11-19-9-7-8-10-21(19)25(20)27/h7-18H,1-6H3/b14-13-. The summed E-state index contributed by atoms with van der Waals surface area (Å²) >= 11 is 9.67. The molecular weight excluding hydrogens is 520 g/mol. The molecule has 0 amide bonds. The molecule has 0 fully saturated rings. The molecule has 3 rings (SSSR count). The van der Waals surface area contributed by atoms with Gasteiger partial charge in [-0.15, -0.1) is 11.3 Å². The van der Waals surface area contributed by atoms with Gasteiger partial charge in [-0.2, -0.15) is 0 Å². The van der Waals surface area contributed by atoms with Crippen LogP contribution in [0, 0.1) is 0 Å². The molecule has 4 heteroatoms. The summed E-state index contributed by atoms with van der Waals surface area (Å²) in [5.41, 5.74) is 3.38. The fraction of sp³-hybridized carbons (Fsp3) is 0.360. The summed E-state index contributed by atoms with van der Waals surface area (Å²) in [6.07, 6.45) is 4.51. The van der Waals surface area contributed by atoms with Crippen molar-refractivity contribution < 1.29 is 0 Å². The number of benzene rings is 2. The lowest BCUT2D eigenvalue weighted by Crippen LogP contribution is -2.54. The number of halogens is 2. The first-order valence-electron chi connectivity index (χ1n) is 10.3. The molecule has 0 atom stereocenters. The molecule has 0 unspecified atom stereocenters. The summed E-state index contributed by atoms with van der Waals surface area (Å²) in [4.78, 5) is 1.32. The Bertz CT molecular complexity index is 1010. The molecule has 0 saturated heterocycles. The highest BCUT2D eigenvalue weighted by Crippen LogP contribution is 2.43. The molecule has 0 aliphatic heterocycles. The van der Waals surface area contributed by atoms with Gasteiger partial charge in [0.2, 0.25) is 0 Å². The van der Waals surface area contributed by atoms with Crippen LogP contribution in [0.3, 0.4) is 0 Å². The Morgan fingerprint density at radius 1 is 0.828 bits per heavy atom. The van der Waals surface area contributed by atoms with Crippen molar-refractivity contribution >= 4 is 78.7 Å². The summed E-state index contributed by atoms with van der Waals surface area (Å²) in [6, 6.07) is 15.3.